The van der Waals surface area contributed by atoms with E-state index in [-0.39, 0.29) is 34.8 Å². The van der Waals surface area contributed by atoms with Crippen molar-refractivity contribution >= 4 is 39.1 Å². The first-order chi connectivity index (χ1) is 19.7. The number of fused-ring (bicyclic) bond motifs is 2. The molecular weight excluding hydrogens is 541 g/mol. The highest BCUT2D eigenvalue weighted by Crippen LogP contribution is 2.37. The maximum absolute atomic E-state index is 16.5. The van der Waals surface area contributed by atoms with Gasteiger partial charge in [0.25, 0.3) is 0 Å². The Hall–Kier alpha value is -3.58. The summed E-state index contributed by atoms with van der Waals surface area (Å²) in [5.41, 5.74) is 0.953. The van der Waals surface area contributed by atoms with Crippen LogP contribution in [0.2, 0.25) is 5.02 Å². The number of piperazine rings is 1. The van der Waals surface area contributed by atoms with E-state index in [1.165, 1.54) is 0 Å². The number of aromatic nitrogens is 3. The number of nitrogens with one attached hydrogen (secondary N) is 1. The largest absolute Gasteiger partial charge is 0.462 e. The zero-order chi connectivity index (χ0) is 28.7. The van der Waals surface area contributed by atoms with E-state index in [0.717, 1.165) is 23.7 Å². The second-order valence-electron chi connectivity index (χ2n) is 11.7. The molecule has 10 heteroatoms. The SMILES string of the molecule is CC(C)(C)N1CCC1COc1nc(N2CCN[C@@H](CC#N)C2)c2cnc(-c3cccc4cccc(Cl)c34)c(F)c2n1. The van der Waals surface area contributed by atoms with Crippen molar-refractivity contribution in [2.75, 3.05) is 37.7 Å². The van der Waals surface area contributed by atoms with Crippen molar-refractivity contribution in [3.8, 4) is 23.3 Å². The van der Waals surface area contributed by atoms with Gasteiger partial charge in [-0.3, -0.25) is 9.88 Å². The second-order valence-corrected chi connectivity index (χ2v) is 12.1. The Morgan fingerprint density at radius 2 is 1.98 bits per heavy atom. The molecule has 4 heterocycles. The van der Waals surface area contributed by atoms with Gasteiger partial charge in [-0.15, -0.1) is 0 Å². The first-order valence-electron chi connectivity index (χ1n) is 14.0. The number of rotatable bonds is 6. The summed E-state index contributed by atoms with van der Waals surface area (Å²) >= 11 is 6.57. The van der Waals surface area contributed by atoms with E-state index in [1.54, 1.807) is 12.3 Å². The number of anilines is 1. The third-order valence-electron chi connectivity index (χ3n) is 8.06. The summed E-state index contributed by atoms with van der Waals surface area (Å²) in [6.07, 6.45) is 3.03. The molecular formula is C31H33ClFN7O. The fourth-order valence-electron chi connectivity index (χ4n) is 5.94. The minimum absolute atomic E-state index is 0.0200. The minimum atomic E-state index is -0.549. The van der Waals surface area contributed by atoms with Gasteiger partial charge in [-0.05, 0) is 38.6 Å². The predicted molar refractivity (Wildman–Crippen MR) is 160 cm³/mol. The minimum Gasteiger partial charge on any atom is -0.462 e. The monoisotopic (exact) mass is 573 g/mol. The molecule has 2 fully saturated rings. The molecule has 0 bridgehead atoms. The Kier molecular flexibility index (Phi) is 7.41. The Bertz CT molecular complexity index is 1640. The van der Waals surface area contributed by atoms with Crippen molar-refractivity contribution in [1.82, 2.24) is 25.2 Å². The molecule has 0 spiro atoms. The van der Waals surface area contributed by atoms with Crippen LogP contribution in [0.3, 0.4) is 0 Å². The molecule has 41 heavy (non-hydrogen) atoms. The summed E-state index contributed by atoms with van der Waals surface area (Å²) in [7, 11) is 0. The van der Waals surface area contributed by atoms with Crippen LogP contribution in [0.5, 0.6) is 6.01 Å². The Morgan fingerprint density at radius 1 is 1.17 bits per heavy atom. The van der Waals surface area contributed by atoms with Crippen LogP contribution >= 0.6 is 11.6 Å². The molecule has 0 radical (unpaired) electrons. The van der Waals surface area contributed by atoms with Gasteiger partial charge in [0.15, 0.2) is 5.82 Å². The Morgan fingerprint density at radius 3 is 2.71 bits per heavy atom. The molecule has 0 aliphatic carbocycles. The number of benzene rings is 2. The van der Waals surface area contributed by atoms with E-state index >= 15 is 4.39 Å². The van der Waals surface area contributed by atoms with Gasteiger partial charge < -0.3 is 15.0 Å². The molecule has 4 aromatic rings. The molecule has 1 unspecified atom stereocenters. The van der Waals surface area contributed by atoms with Crippen LogP contribution in [0.15, 0.2) is 42.6 Å². The number of hydrogen-bond donors (Lipinski definition) is 1. The molecule has 2 saturated heterocycles. The van der Waals surface area contributed by atoms with E-state index in [1.807, 2.05) is 30.3 Å². The lowest BCUT2D eigenvalue weighted by molar-refractivity contribution is -0.0223. The summed E-state index contributed by atoms with van der Waals surface area (Å²) in [5.74, 6) is 0.0109. The van der Waals surface area contributed by atoms with Gasteiger partial charge in [0.1, 0.15) is 23.6 Å². The maximum Gasteiger partial charge on any atom is 0.319 e. The van der Waals surface area contributed by atoms with E-state index < -0.39 is 5.82 Å². The topological polar surface area (TPSA) is 90.2 Å². The highest BCUT2D eigenvalue weighted by atomic mass is 35.5. The van der Waals surface area contributed by atoms with Crippen LogP contribution in [-0.2, 0) is 0 Å². The summed E-state index contributed by atoms with van der Waals surface area (Å²) in [5, 5.41) is 15.3. The van der Waals surface area contributed by atoms with Crippen molar-refractivity contribution in [3.63, 3.8) is 0 Å². The van der Waals surface area contributed by atoms with Gasteiger partial charge in [-0.1, -0.05) is 41.9 Å². The third-order valence-corrected chi connectivity index (χ3v) is 8.37. The second kappa shape index (κ2) is 11.0. The molecule has 2 aliphatic heterocycles. The van der Waals surface area contributed by atoms with Gasteiger partial charge in [0.05, 0.1) is 17.9 Å². The average molecular weight is 574 g/mol. The fourth-order valence-corrected chi connectivity index (χ4v) is 6.22. The van der Waals surface area contributed by atoms with E-state index in [9.17, 15) is 5.26 Å². The van der Waals surface area contributed by atoms with Gasteiger partial charge in [0.2, 0.25) is 0 Å². The van der Waals surface area contributed by atoms with Crippen LogP contribution in [0.1, 0.15) is 33.6 Å². The molecule has 2 aliphatic rings. The Labute approximate surface area is 244 Å². The molecule has 2 atom stereocenters. The molecule has 8 nitrogen and oxygen atoms in total. The van der Waals surface area contributed by atoms with Gasteiger partial charge in [0, 0.05) is 66.0 Å². The van der Waals surface area contributed by atoms with Gasteiger partial charge in [-0.25, -0.2) is 4.39 Å². The molecule has 0 saturated carbocycles. The van der Waals surface area contributed by atoms with E-state index in [2.05, 4.69) is 51.9 Å². The molecule has 0 amide bonds. The van der Waals surface area contributed by atoms with Gasteiger partial charge >= 0.3 is 6.01 Å². The highest BCUT2D eigenvalue weighted by Gasteiger charge is 2.36. The predicted octanol–water partition coefficient (Wildman–Crippen LogP) is 5.58. The normalized spacial score (nSPS) is 19.8. The third kappa shape index (κ3) is 5.28. The summed E-state index contributed by atoms with van der Waals surface area (Å²) in [6.45, 7) is 9.88. The van der Waals surface area contributed by atoms with Crippen LogP contribution in [-0.4, -0.2) is 70.3 Å². The number of hydrogen-bond acceptors (Lipinski definition) is 8. The van der Waals surface area contributed by atoms with Crippen molar-refractivity contribution in [2.24, 2.45) is 0 Å². The number of likely N-dealkylation sites (tertiary alicyclic amines) is 1. The van der Waals surface area contributed by atoms with Crippen LogP contribution < -0.4 is 15.0 Å². The number of ether oxygens (including phenoxy) is 1. The lowest BCUT2D eigenvalue weighted by atomic mass is 9.94. The van der Waals surface area contributed by atoms with E-state index in [0.29, 0.717) is 54.5 Å². The zero-order valence-electron chi connectivity index (χ0n) is 23.5. The molecule has 1 N–H and O–H groups in total. The van der Waals surface area contributed by atoms with Crippen LogP contribution in [0.25, 0.3) is 32.9 Å². The molecule has 212 valence electrons. The average Bonchev–Trinajstić information content (AvgIpc) is 2.92. The number of nitrogens with zero attached hydrogens (tertiary/aromatic N) is 6. The lowest BCUT2D eigenvalue weighted by Crippen LogP contribution is -2.59. The number of halogens is 2. The van der Waals surface area contributed by atoms with Crippen molar-refractivity contribution in [1.29, 1.82) is 5.26 Å². The van der Waals surface area contributed by atoms with Gasteiger partial charge in [-0.2, -0.15) is 15.2 Å². The van der Waals surface area contributed by atoms with Crippen molar-refractivity contribution in [2.45, 2.75) is 51.2 Å². The number of pyridine rings is 1. The van der Waals surface area contributed by atoms with Crippen molar-refractivity contribution in [3.05, 3.63) is 53.4 Å². The van der Waals surface area contributed by atoms with Crippen LogP contribution in [0, 0.1) is 17.1 Å². The lowest BCUT2D eigenvalue weighted by Gasteiger charge is -2.49. The van der Waals surface area contributed by atoms with Crippen LogP contribution in [0.4, 0.5) is 10.2 Å². The fraction of sp³-hybridized carbons (Fsp3) is 0.419. The molecule has 6 rings (SSSR count). The first-order valence-corrected chi connectivity index (χ1v) is 14.4. The zero-order valence-corrected chi connectivity index (χ0v) is 24.2. The summed E-state index contributed by atoms with van der Waals surface area (Å²) in [4.78, 5) is 18.4. The Balaban J connectivity index is 1.44. The molecule has 2 aromatic heterocycles. The standard InChI is InChI=1S/C31H33ClFN7O/c1-31(2,3)40-14-11-21(40)18-41-30-37-28-23(29(38-30)39-15-13-35-20(17-39)10-12-34)16-36-27(26(28)33)22-8-4-6-19-7-5-9-24(32)25(19)22/h4-9,16,20-21,35H,10-11,13-15,17-18H2,1-3H3/t20-,21?/m0/s1. The first kappa shape index (κ1) is 27.6. The van der Waals surface area contributed by atoms with Crippen molar-refractivity contribution < 1.29 is 9.13 Å². The smallest absolute Gasteiger partial charge is 0.319 e. The highest BCUT2D eigenvalue weighted by molar-refractivity contribution is 6.36. The quantitative estimate of drug-likeness (QED) is 0.320. The number of nitriles is 1. The summed E-state index contributed by atoms with van der Waals surface area (Å²) in [6, 6.07) is 13.8. The summed E-state index contributed by atoms with van der Waals surface area (Å²) < 4.78 is 22.7. The maximum atomic E-state index is 16.5. The molecule has 2 aromatic carbocycles. The van der Waals surface area contributed by atoms with E-state index in [4.69, 9.17) is 21.3 Å².